The molecule has 0 aromatic heterocycles. The van der Waals surface area contributed by atoms with Gasteiger partial charge in [0.05, 0.1) is 21.9 Å². The van der Waals surface area contributed by atoms with Gasteiger partial charge in [-0.3, -0.25) is 10.1 Å². The van der Waals surface area contributed by atoms with Gasteiger partial charge < -0.3 is 5.73 Å². The van der Waals surface area contributed by atoms with Crippen molar-refractivity contribution in [1.29, 1.82) is 0 Å². The second-order valence-electron chi connectivity index (χ2n) is 6.20. The van der Waals surface area contributed by atoms with Crippen molar-refractivity contribution in [2.45, 2.75) is 17.0 Å². The number of benzene rings is 3. The van der Waals surface area contributed by atoms with E-state index in [1.807, 2.05) is 36.4 Å². The average Bonchev–Trinajstić information content (AvgIpc) is 2.73. The third kappa shape index (κ3) is 4.42. The number of nitrogens with one attached hydrogen (secondary N) is 1. The maximum Gasteiger partial charge on any atom is 0.269 e. The molecule has 0 amide bonds. The van der Waals surface area contributed by atoms with Crippen LogP contribution in [0.5, 0.6) is 0 Å². The summed E-state index contributed by atoms with van der Waals surface area (Å²) in [4.78, 5) is 10.1. The van der Waals surface area contributed by atoms with Gasteiger partial charge in [0.15, 0.2) is 0 Å². The molecule has 0 spiro atoms. The summed E-state index contributed by atoms with van der Waals surface area (Å²) in [5.74, 6) is 0. The predicted molar refractivity (Wildman–Crippen MR) is 106 cm³/mol. The largest absolute Gasteiger partial charge is 0.322 e. The summed E-state index contributed by atoms with van der Waals surface area (Å²) in [6.07, 6.45) is 0. The summed E-state index contributed by atoms with van der Waals surface area (Å²) in [6, 6.07) is 21.6. The van der Waals surface area contributed by atoms with Gasteiger partial charge in [-0.2, -0.15) is 0 Å². The second-order valence-corrected chi connectivity index (χ2v) is 7.91. The van der Waals surface area contributed by atoms with Crippen LogP contribution < -0.4 is 10.5 Å². The van der Waals surface area contributed by atoms with Crippen LogP contribution in [0.1, 0.15) is 23.2 Å². The van der Waals surface area contributed by atoms with Gasteiger partial charge in [0.1, 0.15) is 0 Å². The lowest BCUT2D eigenvalue weighted by Gasteiger charge is -2.26. The summed E-state index contributed by atoms with van der Waals surface area (Å²) in [7, 11) is -3.96. The molecule has 3 aromatic carbocycles. The molecular formula is C20H19N3O4S. The Morgan fingerprint density at radius 1 is 0.821 bits per heavy atom. The Bertz CT molecular complexity index is 1040. The smallest absolute Gasteiger partial charge is 0.269 e. The molecule has 3 N–H and O–H groups in total. The number of hydrogen-bond donors (Lipinski definition) is 2. The van der Waals surface area contributed by atoms with Gasteiger partial charge in [0, 0.05) is 12.1 Å². The monoisotopic (exact) mass is 397 g/mol. The van der Waals surface area contributed by atoms with E-state index in [4.69, 9.17) is 5.73 Å². The van der Waals surface area contributed by atoms with Gasteiger partial charge in [0.2, 0.25) is 10.0 Å². The molecular weight excluding hydrogens is 378 g/mol. The number of nitrogens with zero attached hydrogens (tertiary/aromatic N) is 1. The van der Waals surface area contributed by atoms with E-state index >= 15 is 0 Å². The van der Waals surface area contributed by atoms with Crippen LogP contribution in [0.2, 0.25) is 0 Å². The van der Waals surface area contributed by atoms with Crippen LogP contribution in [0.15, 0.2) is 89.8 Å². The molecule has 3 aromatic rings. The molecule has 0 saturated carbocycles. The first-order chi connectivity index (χ1) is 13.4. The SMILES string of the molecule is NC(c1ccccc1)C(NS(=O)(=O)c1ccc([N+](=O)[O-])cc1)c1ccccc1. The van der Waals surface area contributed by atoms with Gasteiger partial charge in [-0.05, 0) is 23.3 Å². The lowest BCUT2D eigenvalue weighted by atomic mass is 9.95. The van der Waals surface area contributed by atoms with Crippen LogP contribution in [0.4, 0.5) is 5.69 Å². The van der Waals surface area contributed by atoms with Crippen molar-refractivity contribution in [2.24, 2.45) is 5.73 Å². The summed E-state index contributed by atoms with van der Waals surface area (Å²) in [5, 5.41) is 10.8. The quantitative estimate of drug-likeness (QED) is 0.469. The highest BCUT2D eigenvalue weighted by atomic mass is 32.2. The van der Waals surface area contributed by atoms with Gasteiger partial charge >= 0.3 is 0 Å². The number of hydrogen-bond acceptors (Lipinski definition) is 5. The van der Waals surface area contributed by atoms with Crippen molar-refractivity contribution >= 4 is 15.7 Å². The van der Waals surface area contributed by atoms with Gasteiger partial charge in [-0.15, -0.1) is 0 Å². The van der Waals surface area contributed by atoms with Crippen molar-refractivity contribution in [3.63, 3.8) is 0 Å². The Labute approximate surface area is 163 Å². The standard InChI is InChI=1S/C20H19N3O4S/c21-19(15-7-3-1-4-8-15)20(16-9-5-2-6-10-16)22-28(26,27)18-13-11-17(12-14-18)23(24)25/h1-14,19-20,22H,21H2. The zero-order chi connectivity index (χ0) is 20.1. The number of nitro groups is 1. The lowest BCUT2D eigenvalue weighted by molar-refractivity contribution is -0.384. The van der Waals surface area contributed by atoms with Gasteiger partial charge in [-0.25, -0.2) is 13.1 Å². The second kappa shape index (κ2) is 8.30. The minimum Gasteiger partial charge on any atom is -0.322 e. The highest BCUT2D eigenvalue weighted by Crippen LogP contribution is 2.29. The average molecular weight is 397 g/mol. The summed E-state index contributed by atoms with van der Waals surface area (Å²) in [5.41, 5.74) is 7.72. The summed E-state index contributed by atoms with van der Waals surface area (Å²) < 4.78 is 28.4. The molecule has 0 aliphatic rings. The minimum atomic E-state index is -3.96. The topological polar surface area (TPSA) is 115 Å². The van der Waals surface area contributed by atoms with Crippen LogP contribution in [-0.2, 0) is 10.0 Å². The number of non-ortho nitro benzene ring substituents is 1. The van der Waals surface area contributed by atoms with E-state index in [1.165, 1.54) is 12.1 Å². The van der Waals surface area contributed by atoms with Crippen molar-refractivity contribution in [1.82, 2.24) is 4.72 Å². The molecule has 144 valence electrons. The molecule has 2 atom stereocenters. The Balaban J connectivity index is 1.95. The van der Waals surface area contributed by atoms with Crippen molar-refractivity contribution < 1.29 is 13.3 Å². The van der Waals surface area contributed by atoms with E-state index in [1.54, 1.807) is 24.3 Å². The van der Waals surface area contributed by atoms with E-state index in [0.29, 0.717) is 5.56 Å². The molecule has 0 saturated heterocycles. The van der Waals surface area contributed by atoms with E-state index in [0.717, 1.165) is 17.7 Å². The molecule has 0 aliphatic heterocycles. The molecule has 0 radical (unpaired) electrons. The van der Waals surface area contributed by atoms with Crippen molar-refractivity contribution in [2.75, 3.05) is 0 Å². The molecule has 0 bridgehead atoms. The summed E-state index contributed by atoms with van der Waals surface area (Å²) >= 11 is 0. The lowest BCUT2D eigenvalue weighted by Crippen LogP contribution is -2.36. The zero-order valence-electron chi connectivity index (χ0n) is 14.8. The maximum atomic E-state index is 12.9. The highest BCUT2D eigenvalue weighted by molar-refractivity contribution is 7.89. The Kier molecular flexibility index (Phi) is 5.84. The van der Waals surface area contributed by atoms with Crippen LogP contribution in [0.3, 0.4) is 0 Å². The van der Waals surface area contributed by atoms with Crippen LogP contribution in [0.25, 0.3) is 0 Å². The van der Waals surface area contributed by atoms with E-state index < -0.39 is 27.0 Å². The third-order valence-electron chi connectivity index (χ3n) is 4.34. The van der Waals surface area contributed by atoms with Gasteiger partial charge in [0.25, 0.3) is 5.69 Å². The van der Waals surface area contributed by atoms with Gasteiger partial charge in [-0.1, -0.05) is 60.7 Å². The van der Waals surface area contributed by atoms with Crippen LogP contribution >= 0.6 is 0 Å². The minimum absolute atomic E-state index is 0.0701. The first-order valence-electron chi connectivity index (χ1n) is 8.51. The number of rotatable bonds is 7. The zero-order valence-corrected chi connectivity index (χ0v) is 15.6. The highest BCUT2D eigenvalue weighted by Gasteiger charge is 2.27. The Morgan fingerprint density at radius 2 is 1.32 bits per heavy atom. The molecule has 8 heteroatoms. The molecule has 3 rings (SSSR count). The molecule has 2 unspecified atom stereocenters. The molecule has 0 fully saturated rings. The number of sulfonamides is 1. The predicted octanol–water partition coefficient (Wildman–Crippen LogP) is 3.31. The Morgan fingerprint density at radius 3 is 1.82 bits per heavy atom. The number of nitrogens with two attached hydrogens (primary N) is 1. The molecule has 28 heavy (non-hydrogen) atoms. The van der Waals surface area contributed by atoms with E-state index in [-0.39, 0.29) is 10.6 Å². The molecule has 7 nitrogen and oxygen atoms in total. The fourth-order valence-electron chi connectivity index (χ4n) is 2.86. The van der Waals surface area contributed by atoms with E-state index in [9.17, 15) is 18.5 Å². The third-order valence-corrected chi connectivity index (χ3v) is 5.80. The molecule has 0 aliphatic carbocycles. The van der Waals surface area contributed by atoms with E-state index in [2.05, 4.69) is 4.72 Å². The number of nitro benzene ring substituents is 1. The normalized spacial score (nSPS) is 13.6. The fraction of sp³-hybridized carbons (Fsp3) is 0.100. The van der Waals surface area contributed by atoms with Crippen LogP contribution in [0, 0.1) is 10.1 Å². The Hall–Kier alpha value is -3.07. The van der Waals surface area contributed by atoms with Crippen molar-refractivity contribution in [3.05, 3.63) is 106 Å². The summed E-state index contributed by atoms with van der Waals surface area (Å²) in [6.45, 7) is 0. The molecule has 0 heterocycles. The van der Waals surface area contributed by atoms with Crippen molar-refractivity contribution in [3.8, 4) is 0 Å². The maximum absolute atomic E-state index is 12.9. The first-order valence-corrected chi connectivity index (χ1v) is 9.99. The first kappa shape index (κ1) is 19.7. The van der Waals surface area contributed by atoms with Crippen LogP contribution in [-0.4, -0.2) is 13.3 Å². The fourth-order valence-corrected chi connectivity index (χ4v) is 4.11.